The van der Waals surface area contributed by atoms with Crippen molar-refractivity contribution in [3.05, 3.63) is 72.1 Å². The summed E-state index contributed by atoms with van der Waals surface area (Å²) >= 11 is 0. The Morgan fingerprint density at radius 1 is 1.14 bits per heavy atom. The average molecular weight is 390 g/mol. The first-order chi connectivity index (χ1) is 14.2. The number of nitrogens with zero attached hydrogens (tertiary/aromatic N) is 4. The van der Waals surface area contributed by atoms with E-state index >= 15 is 0 Å². The van der Waals surface area contributed by atoms with E-state index in [4.69, 9.17) is 4.52 Å². The molecule has 1 atom stereocenters. The van der Waals surface area contributed by atoms with Crippen LogP contribution in [0.15, 0.2) is 65.2 Å². The van der Waals surface area contributed by atoms with E-state index in [0.717, 1.165) is 37.1 Å². The first-order valence-electron chi connectivity index (χ1n) is 10.1. The van der Waals surface area contributed by atoms with Crippen molar-refractivity contribution in [1.29, 1.82) is 0 Å². The quantitative estimate of drug-likeness (QED) is 0.643. The Morgan fingerprint density at radius 3 is 2.62 bits per heavy atom. The molecule has 0 saturated carbocycles. The van der Waals surface area contributed by atoms with Crippen molar-refractivity contribution in [2.24, 2.45) is 5.92 Å². The molecule has 4 rings (SSSR count). The van der Waals surface area contributed by atoms with Gasteiger partial charge in [0.15, 0.2) is 0 Å². The summed E-state index contributed by atoms with van der Waals surface area (Å²) in [6, 6.07) is 19.9. The molecule has 0 spiro atoms. The fourth-order valence-electron chi connectivity index (χ4n) is 3.86. The predicted octanol–water partition coefficient (Wildman–Crippen LogP) is 3.61. The van der Waals surface area contributed by atoms with Gasteiger partial charge in [0.1, 0.15) is 0 Å². The molecule has 0 radical (unpaired) electrons. The highest BCUT2D eigenvalue weighted by molar-refractivity contribution is 5.79. The molecule has 1 unspecified atom stereocenters. The molecule has 6 heteroatoms. The molecule has 2 heterocycles. The molecule has 1 amide bonds. The topological polar surface area (TPSA) is 62.5 Å². The van der Waals surface area contributed by atoms with Crippen LogP contribution in [0.4, 0.5) is 0 Å². The Balaban J connectivity index is 1.35. The molecule has 6 nitrogen and oxygen atoms in total. The Kier molecular flexibility index (Phi) is 6.00. The predicted molar refractivity (Wildman–Crippen MR) is 111 cm³/mol. The highest BCUT2D eigenvalue weighted by Gasteiger charge is 2.28. The molecule has 0 aliphatic carbocycles. The lowest BCUT2D eigenvalue weighted by Crippen LogP contribution is -2.43. The molecule has 29 heavy (non-hydrogen) atoms. The summed E-state index contributed by atoms with van der Waals surface area (Å²) in [7, 11) is 1.89. The summed E-state index contributed by atoms with van der Waals surface area (Å²) in [6.07, 6.45) is 1.92. The van der Waals surface area contributed by atoms with Crippen molar-refractivity contribution in [1.82, 2.24) is 19.9 Å². The molecule has 2 aromatic carbocycles. The third-order valence-corrected chi connectivity index (χ3v) is 5.35. The van der Waals surface area contributed by atoms with Crippen LogP contribution >= 0.6 is 0 Å². The molecule has 1 fully saturated rings. The second-order valence-electron chi connectivity index (χ2n) is 7.63. The lowest BCUT2D eigenvalue weighted by molar-refractivity contribution is -0.136. The van der Waals surface area contributed by atoms with Gasteiger partial charge in [0, 0.05) is 25.7 Å². The molecule has 1 saturated heterocycles. The standard InChI is InChI=1S/C23H26N4O2/c1-26(15-18-9-4-2-5-10-18)23(28)20-13-8-14-27(16-20)17-21-24-22(25-29-21)19-11-6-3-7-12-19/h2-7,9-12,20H,8,13-17H2,1H3. The highest BCUT2D eigenvalue weighted by atomic mass is 16.5. The van der Waals surface area contributed by atoms with Gasteiger partial charge < -0.3 is 9.42 Å². The monoisotopic (exact) mass is 390 g/mol. The smallest absolute Gasteiger partial charge is 0.241 e. The maximum Gasteiger partial charge on any atom is 0.241 e. The van der Waals surface area contributed by atoms with Crippen LogP contribution < -0.4 is 0 Å². The Bertz CT molecular complexity index is 926. The largest absolute Gasteiger partial charge is 0.341 e. The van der Waals surface area contributed by atoms with E-state index < -0.39 is 0 Å². The molecule has 0 bridgehead atoms. The zero-order valence-corrected chi connectivity index (χ0v) is 16.7. The maximum atomic E-state index is 12.9. The van der Waals surface area contributed by atoms with Gasteiger partial charge in [0.2, 0.25) is 17.6 Å². The first kappa shape index (κ1) is 19.3. The lowest BCUT2D eigenvalue weighted by atomic mass is 9.96. The van der Waals surface area contributed by atoms with Crippen LogP contribution in [0.25, 0.3) is 11.4 Å². The van der Waals surface area contributed by atoms with Crippen molar-refractivity contribution in [3.8, 4) is 11.4 Å². The van der Waals surface area contributed by atoms with Gasteiger partial charge in [-0.05, 0) is 24.9 Å². The van der Waals surface area contributed by atoms with E-state index in [1.807, 2.05) is 60.5 Å². The number of hydrogen-bond acceptors (Lipinski definition) is 5. The number of aromatic nitrogens is 2. The van der Waals surface area contributed by atoms with Crippen LogP contribution in [0.3, 0.4) is 0 Å². The maximum absolute atomic E-state index is 12.9. The van der Waals surface area contributed by atoms with E-state index in [1.165, 1.54) is 0 Å². The number of piperidine rings is 1. The van der Waals surface area contributed by atoms with Gasteiger partial charge in [-0.25, -0.2) is 0 Å². The first-order valence-corrected chi connectivity index (χ1v) is 10.1. The summed E-state index contributed by atoms with van der Waals surface area (Å²) in [5.74, 6) is 1.41. The number of hydrogen-bond donors (Lipinski definition) is 0. The Labute approximate surface area is 171 Å². The molecular formula is C23H26N4O2. The van der Waals surface area contributed by atoms with Gasteiger partial charge in [-0.3, -0.25) is 9.69 Å². The van der Waals surface area contributed by atoms with Crippen molar-refractivity contribution >= 4 is 5.91 Å². The summed E-state index contributed by atoms with van der Waals surface area (Å²) in [6.45, 7) is 2.88. The molecule has 1 aromatic heterocycles. The van der Waals surface area contributed by atoms with E-state index in [2.05, 4.69) is 27.2 Å². The van der Waals surface area contributed by atoms with Crippen LogP contribution in [0.1, 0.15) is 24.3 Å². The zero-order valence-electron chi connectivity index (χ0n) is 16.7. The van der Waals surface area contributed by atoms with Crippen molar-refractivity contribution < 1.29 is 9.32 Å². The minimum Gasteiger partial charge on any atom is -0.341 e. The molecule has 1 aliphatic heterocycles. The minimum absolute atomic E-state index is 0.00831. The number of likely N-dealkylation sites (tertiary alicyclic amines) is 1. The van der Waals surface area contributed by atoms with Gasteiger partial charge in [-0.1, -0.05) is 65.8 Å². The van der Waals surface area contributed by atoms with E-state index in [0.29, 0.717) is 24.8 Å². The molecule has 0 N–H and O–H groups in total. The Morgan fingerprint density at radius 2 is 1.86 bits per heavy atom. The van der Waals surface area contributed by atoms with Gasteiger partial charge in [0.05, 0.1) is 12.5 Å². The number of carbonyl (C=O) groups is 1. The van der Waals surface area contributed by atoms with Crippen LogP contribution in [0.2, 0.25) is 0 Å². The number of rotatable bonds is 6. The summed E-state index contributed by atoms with van der Waals surface area (Å²) < 4.78 is 5.45. The number of benzene rings is 2. The van der Waals surface area contributed by atoms with Crippen LogP contribution in [-0.4, -0.2) is 46.0 Å². The van der Waals surface area contributed by atoms with Gasteiger partial charge in [0.25, 0.3) is 0 Å². The SMILES string of the molecule is CN(Cc1ccccc1)C(=O)C1CCCN(Cc2nc(-c3ccccc3)no2)C1. The van der Waals surface area contributed by atoms with E-state index in [-0.39, 0.29) is 11.8 Å². The van der Waals surface area contributed by atoms with E-state index in [1.54, 1.807) is 0 Å². The number of amides is 1. The lowest BCUT2D eigenvalue weighted by Gasteiger charge is -2.33. The average Bonchev–Trinajstić information content (AvgIpc) is 3.23. The third kappa shape index (κ3) is 4.90. The molecule has 3 aromatic rings. The second kappa shape index (κ2) is 9.01. The fourth-order valence-corrected chi connectivity index (χ4v) is 3.86. The van der Waals surface area contributed by atoms with Gasteiger partial charge in [-0.15, -0.1) is 0 Å². The van der Waals surface area contributed by atoms with Gasteiger partial charge >= 0.3 is 0 Å². The zero-order chi connectivity index (χ0) is 20.1. The third-order valence-electron chi connectivity index (χ3n) is 5.35. The van der Waals surface area contributed by atoms with Crippen LogP contribution in [-0.2, 0) is 17.9 Å². The number of carbonyl (C=O) groups excluding carboxylic acids is 1. The van der Waals surface area contributed by atoms with Gasteiger partial charge in [-0.2, -0.15) is 4.98 Å². The van der Waals surface area contributed by atoms with E-state index in [9.17, 15) is 4.79 Å². The Hall–Kier alpha value is -2.99. The highest BCUT2D eigenvalue weighted by Crippen LogP contribution is 2.22. The molecule has 150 valence electrons. The summed E-state index contributed by atoms with van der Waals surface area (Å²) in [5, 5.41) is 4.09. The van der Waals surface area contributed by atoms with Crippen molar-refractivity contribution in [2.75, 3.05) is 20.1 Å². The van der Waals surface area contributed by atoms with Crippen molar-refractivity contribution in [3.63, 3.8) is 0 Å². The summed E-state index contributed by atoms with van der Waals surface area (Å²) in [5.41, 5.74) is 2.09. The minimum atomic E-state index is 0.00831. The normalized spacial score (nSPS) is 17.2. The summed E-state index contributed by atoms with van der Waals surface area (Å²) in [4.78, 5) is 21.5. The molecule has 1 aliphatic rings. The van der Waals surface area contributed by atoms with Crippen LogP contribution in [0, 0.1) is 5.92 Å². The molecular weight excluding hydrogens is 364 g/mol. The second-order valence-corrected chi connectivity index (χ2v) is 7.63. The fraction of sp³-hybridized carbons (Fsp3) is 0.348. The van der Waals surface area contributed by atoms with Crippen LogP contribution in [0.5, 0.6) is 0 Å². The van der Waals surface area contributed by atoms with Crippen molar-refractivity contribution in [2.45, 2.75) is 25.9 Å².